The van der Waals surface area contributed by atoms with Crippen LogP contribution >= 0.6 is 0 Å². The van der Waals surface area contributed by atoms with Gasteiger partial charge in [0.25, 0.3) is 5.91 Å². The van der Waals surface area contributed by atoms with E-state index in [1.165, 1.54) is 25.3 Å². The maximum Gasteiger partial charge on any atom is 0.257 e. The lowest BCUT2D eigenvalue weighted by Gasteiger charge is -2.13. The minimum absolute atomic E-state index is 0.248. The third kappa shape index (κ3) is 3.29. The minimum atomic E-state index is -0.440. The highest BCUT2D eigenvalue weighted by molar-refractivity contribution is 6.08. The lowest BCUT2D eigenvalue weighted by atomic mass is 10.1. The van der Waals surface area contributed by atoms with E-state index in [1.807, 2.05) is 6.92 Å². The number of carbonyl (C=O) groups excluding carboxylic acids is 1. The summed E-state index contributed by atoms with van der Waals surface area (Å²) in [4.78, 5) is 12.3. The minimum Gasteiger partial charge on any atom is -0.494 e. The molecule has 0 aromatic heterocycles. The summed E-state index contributed by atoms with van der Waals surface area (Å²) >= 11 is 0. The number of amides is 1. The van der Waals surface area contributed by atoms with E-state index in [9.17, 15) is 9.18 Å². The van der Waals surface area contributed by atoms with Gasteiger partial charge in [0.15, 0.2) is 0 Å². The van der Waals surface area contributed by atoms with Crippen LogP contribution in [-0.2, 0) is 0 Å². The van der Waals surface area contributed by atoms with E-state index in [-0.39, 0.29) is 11.7 Å². The molecule has 0 aliphatic rings. The number of ether oxygens (including phenoxy) is 1. The van der Waals surface area contributed by atoms with Gasteiger partial charge in [0, 0.05) is 6.07 Å². The number of benzene rings is 2. The Morgan fingerprint density at radius 1 is 1.19 bits per heavy atom. The van der Waals surface area contributed by atoms with Gasteiger partial charge in [0.2, 0.25) is 0 Å². The van der Waals surface area contributed by atoms with Crippen LogP contribution in [0.1, 0.15) is 15.9 Å². The Labute approximate surface area is 121 Å². The van der Waals surface area contributed by atoms with Crippen molar-refractivity contribution < 1.29 is 13.9 Å². The molecule has 0 spiro atoms. The normalized spacial score (nSPS) is 10.1. The monoisotopic (exact) mass is 289 g/mol. The molecule has 0 bridgehead atoms. The fraction of sp³-hybridized carbons (Fsp3) is 0.133. The van der Waals surface area contributed by atoms with Crippen molar-refractivity contribution in [3.63, 3.8) is 0 Å². The summed E-state index contributed by atoms with van der Waals surface area (Å²) in [5, 5.41) is 2.67. The molecule has 21 heavy (non-hydrogen) atoms. The van der Waals surface area contributed by atoms with Crippen LogP contribution in [0.3, 0.4) is 0 Å². The average Bonchev–Trinajstić information content (AvgIpc) is 2.48. The summed E-state index contributed by atoms with van der Waals surface area (Å²) in [5.74, 6) is 4.86. The van der Waals surface area contributed by atoms with Gasteiger partial charge in [-0.1, -0.05) is 6.07 Å². The Morgan fingerprint density at radius 2 is 1.95 bits per heavy atom. The topological polar surface area (TPSA) is 76.4 Å². The first-order chi connectivity index (χ1) is 10.0. The van der Waals surface area contributed by atoms with Gasteiger partial charge in [-0.3, -0.25) is 10.6 Å². The zero-order valence-corrected chi connectivity index (χ0v) is 11.7. The van der Waals surface area contributed by atoms with Crippen LogP contribution < -0.4 is 21.3 Å². The van der Waals surface area contributed by atoms with E-state index in [4.69, 9.17) is 10.6 Å². The summed E-state index contributed by atoms with van der Waals surface area (Å²) < 4.78 is 18.2. The molecule has 0 saturated heterocycles. The van der Waals surface area contributed by atoms with Gasteiger partial charge in [-0.05, 0) is 36.8 Å². The zero-order chi connectivity index (χ0) is 15.4. The quantitative estimate of drug-likeness (QED) is 0.597. The Hall–Kier alpha value is -2.60. The Kier molecular flexibility index (Phi) is 4.39. The molecule has 0 aliphatic carbocycles. The molecule has 0 saturated carbocycles. The van der Waals surface area contributed by atoms with Crippen molar-refractivity contribution in [2.45, 2.75) is 6.92 Å². The van der Waals surface area contributed by atoms with Crippen LogP contribution in [0.15, 0.2) is 36.4 Å². The molecule has 4 N–H and O–H groups in total. The van der Waals surface area contributed by atoms with Gasteiger partial charge in [-0.25, -0.2) is 4.39 Å². The molecule has 0 atom stereocenters. The number of nitrogens with two attached hydrogens (primary N) is 1. The van der Waals surface area contributed by atoms with Crippen LogP contribution in [0, 0.1) is 12.7 Å². The van der Waals surface area contributed by atoms with Crippen LogP contribution in [0.2, 0.25) is 0 Å². The number of rotatable bonds is 4. The first-order valence-corrected chi connectivity index (χ1v) is 6.27. The fourth-order valence-corrected chi connectivity index (χ4v) is 1.93. The highest BCUT2D eigenvalue weighted by Crippen LogP contribution is 2.26. The van der Waals surface area contributed by atoms with Crippen molar-refractivity contribution in [1.29, 1.82) is 0 Å². The first-order valence-electron chi connectivity index (χ1n) is 6.27. The number of nitrogen functional groups attached to an aromatic ring is 1. The largest absolute Gasteiger partial charge is 0.494 e. The third-order valence-corrected chi connectivity index (χ3v) is 2.99. The van der Waals surface area contributed by atoms with Gasteiger partial charge < -0.3 is 15.5 Å². The van der Waals surface area contributed by atoms with Crippen molar-refractivity contribution in [2.24, 2.45) is 5.84 Å². The number of nitrogens with one attached hydrogen (secondary N) is 2. The standard InChI is InChI=1S/C15H16FN3O2/c1-9-3-5-11(13(7-9)19-17)15(20)18-12-6-4-10(16)8-14(12)21-2/h3-8,19H,17H2,1-2H3,(H,18,20). The lowest BCUT2D eigenvalue weighted by molar-refractivity contribution is 0.102. The molecule has 1 amide bonds. The molecular weight excluding hydrogens is 273 g/mol. The van der Waals surface area contributed by atoms with Gasteiger partial charge in [0.1, 0.15) is 11.6 Å². The van der Waals surface area contributed by atoms with E-state index in [1.54, 1.807) is 18.2 Å². The molecule has 0 unspecified atom stereocenters. The van der Waals surface area contributed by atoms with E-state index in [0.717, 1.165) is 5.56 Å². The molecule has 0 radical (unpaired) electrons. The summed E-state index contributed by atoms with van der Waals surface area (Å²) in [6, 6.07) is 9.11. The van der Waals surface area contributed by atoms with Crippen LogP contribution in [0.25, 0.3) is 0 Å². The van der Waals surface area contributed by atoms with Crippen molar-refractivity contribution in [1.82, 2.24) is 0 Å². The second kappa shape index (κ2) is 6.23. The van der Waals surface area contributed by atoms with E-state index >= 15 is 0 Å². The van der Waals surface area contributed by atoms with Gasteiger partial charge in [-0.15, -0.1) is 0 Å². The second-order valence-electron chi connectivity index (χ2n) is 4.49. The molecule has 5 nitrogen and oxygen atoms in total. The number of hydrogen-bond acceptors (Lipinski definition) is 4. The SMILES string of the molecule is COc1cc(F)ccc1NC(=O)c1ccc(C)cc1NN. The highest BCUT2D eigenvalue weighted by atomic mass is 19.1. The van der Waals surface area contributed by atoms with Crippen molar-refractivity contribution >= 4 is 17.3 Å². The molecule has 6 heteroatoms. The van der Waals surface area contributed by atoms with E-state index in [2.05, 4.69) is 10.7 Å². The summed E-state index contributed by atoms with van der Waals surface area (Å²) in [7, 11) is 1.41. The Balaban J connectivity index is 2.30. The molecule has 2 rings (SSSR count). The van der Waals surface area contributed by atoms with E-state index in [0.29, 0.717) is 16.9 Å². The predicted octanol–water partition coefficient (Wildman–Crippen LogP) is 2.68. The molecule has 2 aromatic carbocycles. The number of aryl methyl sites for hydroxylation is 1. The average molecular weight is 289 g/mol. The van der Waals surface area contributed by atoms with Crippen LogP contribution in [-0.4, -0.2) is 13.0 Å². The fourth-order valence-electron chi connectivity index (χ4n) is 1.93. The maximum atomic E-state index is 13.1. The molecule has 0 heterocycles. The zero-order valence-electron chi connectivity index (χ0n) is 11.7. The Morgan fingerprint density at radius 3 is 2.62 bits per heavy atom. The molecule has 0 fully saturated rings. The van der Waals surface area contributed by atoms with Crippen molar-refractivity contribution in [2.75, 3.05) is 17.9 Å². The number of hydrazine groups is 1. The van der Waals surface area contributed by atoms with Gasteiger partial charge >= 0.3 is 0 Å². The van der Waals surface area contributed by atoms with Crippen LogP contribution in [0.5, 0.6) is 5.75 Å². The van der Waals surface area contributed by atoms with Crippen molar-refractivity contribution in [3.05, 3.63) is 53.3 Å². The number of hydrogen-bond donors (Lipinski definition) is 3. The van der Waals surface area contributed by atoms with E-state index < -0.39 is 5.82 Å². The van der Waals surface area contributed by atoms with Gasteiger partial charge in [0.05, 0.1) is 24.0 Å². The molecular formula is C15H16FN3O2. The number of halogens is 1. The summed E-state index contributed by atoms with van der Waals surface area (Å²) in [6.07, 6.45) is 0. The number of methoxy groups -OCH3 is 1. The Bertz CT molecular complexity index is 674. The second-order valence-corrected chi connectivity index (χ2v) is 4.49. The first kappa shape index (κ1) is 14.8. The van der Waals surface area contributed by atoms with Crippen LogP contribution in [0.4, 0.5) is 15.8 Å². The highest BCUT2D eigenvalue weighted by Gasteiger charge is 2.14. The molecule has 0 aliphatic heterocycles. The number of carbonyl (C=O) groups is 1. The number of anilines is 2. The summed E-state index contributed by atoms with van der Waals surface area (Å²) in [6.45, 7) is 1.89. The van der Waals surface area contributed by atoms with Crippen molar-refractivity contribution in [3.8, 4) is 5.75 Å². The molecule has 2 aromatic rings. The molecule has 110 valence electrons. The van der Waals surface area contributed by atoms with Gasteiger partial charge in [-0.2, -0.15) is 0 Å². The smallest absolute Gasteiger partial charge is 0.257 e. The maximum absolute atomic E-state index is 13.1. The predicted molar refractivity (Wildman–Crippen MR) is 79.9 cm³/mol. The lowest BCUT2D eigenvalue weighted by Crippen LogP contribution is -2.17. The third-order valence-electron chi connectivity index (χ3n) is 2.99. The summed E-state index contributed by atoms with van der Waals surface area (Å²) in [5.41, 5.74) is 4.73.